The van der Waals surface area contributed by atoms with Crippen molar-refractivity contribution >= 4 is 32.9 Å². The van der Waals surface area contributed by atoms with Gasteiger partial charge in [-0.3, -0.25) is 4.55 Å². The van der Waals surface area contributed by atoms with Gasteiger partial charge < -0.3 is 9.47 Å². The van der Waals surface area contributed by atoms with Crippen LogP contribution < -0.4 is 4.72 Å². The average Bonchev–Trinajstić information content (AvgIpc) is 2.98. The molecular formula is C16H16INO5S. The molecule has 1 saturated heterocycles. The molecule has 1 aliphatic heterocycles. The first-order valence-corrected chi connectivity index (χ1v) is 9.78. The van der Waals surface area contributed by atoms with Crippen molar-refractivity contribution in [2.24, 2.45) is 0 Å². The van der Waals surface area contributed by atoms with Crippen LogP contribution in [0.4, 0.5) is 0 Å². The lowest BCUT2D eigenvalue weighted by Crippen LogP contribution is -2.34. The minimum absolute atomic E-state index is 0.0855. The Kier molecular flexibility index (Phi) is 5.52. The minimum atomic E-state index is -4.30. The Morgan fingerprint density at radius 3 is 2.38 bits per heavy atom. The summed E-state index contributed by atoms with van der Waals surface area (Å²) in [6.45, 7) is -0.0855. The molecule has 2 N–H and O–H groups in total. The summed E-state index contributed by atoms with van der Waals surface area (Å²) >= 11 is 2.20. The van der Waals surface area contributed by atoms with Gasteiger partial charge in [-0.15, -0.1) is 0 Å². The van der Waals surface area contributed by atoms with Crippen molar-refractivity contribution in [3.05, 3.63) is 69.3 Å². The SMILES string of the molecule is O=S(=O)(O)NCC1OC(c2ccccc2)OC1c1ccccc1I. The quantitative estimate of drug-likeness (QED) is 0.529. The molecule has 0 saturated carbocycles. The highest BCUT2D eigenvalue weighted by atomic mass is 127. The summed E-state index contributed by atoms with van der Waals surface area (Å²) in [7, 11) is -4.30. The van der Waals surface area contributed by atoms with E-state index in [-0.39, 0.29) is 6.54 Å². The van der Waals surface area contributed by atoms with E-state index in [0.29, 0.717) is 0 Å². The van der Waals surface area contributed by atoms with Crippen molar-refractivity contribution in [3.8, 4) is 0 Å². The van der Waals surface area contributed by atoms with Gasteiger partial charge in [0.25, 0.3) is 0 Å². The van der Waals surface area contributed by atoms with Crippen molar-refractivity contribution in [3.63, 3.8) is 0 Å². The highest BCUT2D eigenvalue weighted by molar-refractivity contribution is 14.1. The molecule has 0 radical (unpaired) electrons. The Balaban J connectivity index is 1.86. The second-order valence-corrected chi connectivity index (χ2v) is 7.72. The van der Waals surface area contributed by atoms with Gasteiger partial charge >= 0.3 is 10.3 Å². The number of nitrogens with one attached hydrogen (secondary N) is 1. The normalized spacial score (nSPS) is 24.2. The molecule has 2 aromatic rings. The van der Waals surface area contributed by atoms with Crippen LogP contribution in [0.3, 0.4) is 0 Å². The Morgan fingerprint density at radius 2 is 1.71 bits per heavy atom. The fourth-order valence-electron chi connectivity index (χ4n) is 2.57. The smallest absolute Gasteiger partial charge is 0.333 e. The molecule has 0 spiro atoms. The molecule has 6 nitrogen and oxygen atoms in total. The Labute approximate surface area is 154 Å². The third-order valence-corrected chi connectivity index (χ3v) is 5.17. The van der Waals surface area contributed by atoms with Crippen molar-refractivity contribution in [1.82, 2.24) is 4.72 Å². The van der Waals surface area contributed by atoms with Crippen molar-refractivity contribution in [2.45, 2.75) is 18.5 Å². The van der Waals surface area contributed by atoms with E-state index in [2.05, 4.69) is 27.3 Å². The number of halogens is 1. The standard InChI is InChI=1S/C16H16INO5S/c17-13-9-5-4-8-12(13)15-14(10-18-24(19,20)21)22-16(23-15)11-6-2-1-3-7-11/h1-9,14-16,18H,10H2,(H,19,20,21). The maximum atomic E-state index is 11.0. The molecule has 1 fully saturated rings. The van der Waals surface area contributed by atoms with Gasteiger partial charge in [0, 0.05) is 15.7 Å². The van der Waals surface area contributed by atoms with Crippen LogP contribution in [0.1, 0.15) is 23.5 Å². The van der Waals surface area contributed by atoms with Crippen LogP contribution in [0.15, 0.2) is 54.6 Å². The molecule has 0 aromatic heterocycles. The fourth-order valence-corrected chi connectivity index (χ4v) is 3.64. The fraction of sp³-hybridized carbons (Fsp3) is 0.250. The number of hydrogen-bond donors (Lipinski definition) is 2. The second kappa shape index (κ2) is 7.46. The predicted molar refractivity (Wildman–Crippen MR) is 96.6 cm³/mol. The molecule has 8 heteroatoms. The summed E-state index contributed by atoms with van der Waals surface area (Å²) in [5.74, 6) is 0. The van der Waals surface area contributed by atoms with Gasteiger partial charge in [-0.05, 0) is 34.2 Å². The average molecular weight is 461 g/mol. The third kappa shape index (κ3) is 4.32. The van der Waals surface area contributed by atoms with E-state index in [4.69, 9.17) is 14.0 Å². The molecular weight excluding hydrogens is 445 g/mol. The zero-order valence-corrected chi connectivity index (χ0v) is 15.5. The van der Waals surface area contributed by atoms with Gasteiger partial charge in [-0.2, -0.15) is 13.1 Å². The van der Waals surface area contributed by atoms with Crippen LogP contribution in [0.5, 0.6) is 0 Å². The molecule has 3 unspecified atom stereocenters. The third-order valence-electron chi connectivity index (χ3n) is 3.66. The van der Waals surface area contributed by atoms with Crippen LogP contribution in [-0.4, -0.2) is 25.6 Å². The molecule has 3 rings (SSSR count). The second-order valence-electron chi connectivity index (χ2n) is 5.32. The van der Waals surface area contributed by atoms with E-state index in [1.807, 2.05) is 54.6 Å². The molecule has 2 aromatic carbocycles. The number of ether oxygens (including phenoxy) is 2. The van der Waals surface area contributed by atoms with Gasteiger partial charge in [-0.25, -0.2) is 0 Å². The summed E-state index contributed by atoms with van der Waals surface area (Å²) in [6.07, 6.45) is -1.61. The number of benzene rings is 2. The lowest BCUT2D eigenvalue weighted by molar-refractivity contribution is -0.0688. The molecule has 1 aliphatic rings. The summed E-state index contributed by atoms with van der Waals surface area (Å²) in [4.78, 5) is 0. The first kappa shape index (κ1) is 17.8. The van der Waals surface area contributed by atoms with Crippen LogP contribution in [-0.2, 0) is 19.8 Å². The summed E-state index contributed by atoms with van der Waals surface area (Å²) < 4.78 is 45.9. The first-order chi connectivity index (χ1) is 11.4. The molecule has 1 heterocycles. The van der Waals surface area contributed by atoms with E-state index in [1.54, 1.807) is 0 Å². The number of rotatable bonds is 5. The Hall–Kier alpha value is -1.04. The maximum Gasteiger partial charge on any atom is 0.333 e. The van der Waals surface area contributed by atoms with Crippen molar-refractivity contribution in [2.75, 3.05) is 6.54 Å². The zero-order chi connectivity index (χ0) is 17.2. The van der Waals surface area contributed by atoms with Gasteiger partial charge in [0.1, 0.15) is 12.2 Å². The van der Waals surface area contributed by atoms with Crippen molar-refractivity contribution < 1.29 is 22.4 Å². The zero-order valence-electron chi connectivity index (χ0n) is 12.5. The molecule has 0 amide bonds. The van der Waals surface area contributed by atoms with Gasteiger partial charge in [0.2, 0.25) is 0 Å². The lowest BCUT2D eigenvalue weighted by atomic mass is 10.0. The molecule has 0 aliphatic carbocycles. The van der Waals surface area contributed by atoms with Gasteiger partial charge in [-0.1, -0.05) is 48.5 Å². The summed E-state index contributed by atoms with van der Waals surface area (Å²) in [5, 5.41) is 0. The summed E-state index contributed by atoms with van der Waals surface area (Å²) in [5.41, 5.74) is 1.77. The van der Waals surface area contributed by atoms with Crippen molar-refractivity contribution in [1.29, 1.82) is 0 Å². The topological polar surface area (TPSA) is 84.9 Å². The highest BCUT2D eigenvalue weighted by Crippen LogP contribution is 2.40. The molecule has 0 bridgehead atoms. The van der Waals surface area contributed by atoms with Crippen LogP contribution in [0.2, 0.25) is 0 Å². The van der Waals surface area contributed by atoms with Gasteiger partial charge in [0.15, 0.2) is 6.29 Å². The van der Waals surface area contributed by atoms with Crippen LogP contribution in [0, 0.1) is 3.57 Å². The van der Waals surface area contributed by atoms with E-state index in [1.165, 1.54) is 0 Å². The Bertz CT molecular complexity index is 799. The van der Waals surface area contributed by atoms with Crippen LogP contribution in [0.25, 0.3) is 0 Å². The molecule has 128 valence electrons. The van der Waals surface area contributed by atoms with E-state index < -0.39 is 28.8 Å². The number of hydrogen-bond acceptors (Lipinski definition) is 4. The maximum absolute atomic E-state index is 11.0. The first-order valence-electron chi connectivity index (χ1n) is 7.26. The highest BCUT2D eigenvalue weighted by Gasteiger charge is 2.39. The lowest BCUT2D eigenvalue weighted by Gasteiger charge is -2.18. The van der Waals surface area contributed by atoms with E-state index in [0.717, 1.165) is 14.7 Å². The van der Waals surface area contributed by atoms with E-state index >= 15 is 0 Å². The molecule has 3 atom stereocenters. The Morgan fingerprint density at radius 1 is 1.04 bits per heavy atom. The van der Waals surface area contributed by atoms with E-state index in [9.17, 15) is 8.42 Å². The predicted octanol–water partition coefficient (Wildman–Crippen LogP) is 2.84. The van der Waals surface area contributed by atoms with Gasteiger partial charge in [0.05, 0.1) is 0 Å². The summed E-state index contributed by atoms with van der Waals surface area (Å²) in [6, 6.07) is 17.1. The monoisotopic (exact) mass is 461 g/mol. The van der Waals surface area contributed by atoms with Crippen LogP contribution >= 0.6 is 22.6 Å². The largest absolute Gasteiger partial charge is 0.341 e. The minimum Gasteiger partial charge on any atom is -0.341 e. The molecule has 24 heavy (non-hydrogen) atoms.